The van der Waals surface area contributed by atoms with Crippen molar-refractivity contribution in [2.45, 2.75) is 6.55 Å². The molecule has 0 aliphatic rings. The Labute approximate surface area is 131 Å². The van der Waals surface area contributed by atoms with Gasteiger partial charge in [0.05, 0.1) is 18.1 Å². The normalized spacial score (nSPS) is 11.7. The molecule has 0 unspecified atom stereocenters. The third-order valence-electron chi connectivity index (χ3n) is 3.45. The van der Waals surface area contributed by atoms with Crippen LogP contribution in [0.3, 0.4) is 0 Å². The highest BCUT2D eigenvalue weighted by Gasteiger charge is 2.15. The van der Waals surface area contributed by atoms with E-state index < -0.39 is 6.55 Å². The molecule has 0 spiro atoms. The number of ether oxygens (including phenoxy) is 1. The largest absolute Gasteiger partial charge is 0.504 e. The first-order valence-corrected chi connectivity index (χ1v) is 6.90. The van der Waals surface area contributed by atoms with Crippen LogP contribution in [0.5, 0.6) is 11.5 Å². The zero-order valence-electron chi connectivity index (χ0n) is 12.3. The van der Waals surface area contributed by atoms with Crippen molar-refractivity contribution in [3.05, 3.63) is 53.9 Å². The summed E-state index contributed by atoms with van der Waals surface area (Å²) >= 11 is 0. The van der Waals surface area contributed by atoms with Gasteiger partial charge in [0.2, 0.25) is 0 Å². The summed E-state index contributed by atoms with van der Waals surface area (Å²) in [7, 11) is 1.45. The Bertz CT molecular complexity index is 872. The second-order valence-electron chi connectivity index (χ2n) is 4.87. The molecule has 23 heavy (non-hydrogen) atoms. The van der Waals surface area contributed by atoms with Crippen LogP contribution in [0.25, 0.3) is 23.2 Å². The van der Waals surface area contributed by atoms with E-state index >= 15 is 0 Å². The van der Waals surface area contributed by atoms with E-state index in [9.17, 15) is 13.9 Å². The van der Waals surface area contributed by atoms with Gasteiger partial charge in [0.1, 0.15) is 5.82 Å². The topological polar surface area (TPSA) is 47.3 Å². The molecule has 1 aromatic heterocycles. The van der Waals surface area contributed by atoms with E-state index in [0.717, 1.165) is 4.57 Å². The standard InChI is InChI=1S/C17H14F2N2O2/c1-23-15-8-6-11(10-14(15)22)7-9-16-20-12-4-2-3-5-13(12)21(16)17(18)19/h2-10,17,22H,1H3. The number of imidazole rings is 1. The number of benzene rings is 2. The second-order valence-corrected chi connectivity index (χ2v) is 4.87. The fraction of sp³-hybridized carbons (Fsp3) is 0.118. The number of nitrogens with zero attached hydrogens (tertiary/aromatic N) is 2. The molecule has 0 aliphatic carbocycles. The van der Waals surface area contributed by atoms with Gasteiger partial charge in [-0.25, -0.2) is 4.98 Å². The van der Waals surface area contributed by atoms with Gasteiger partial charge in [-0.2, -0.15) is 8.78 Å². The summed E-state index contributed by atoms with van der Waals surface area (Å²) in [6.07, 6.45) is 3.10. The smallest absolute Gasteiger partial charge is 0.320 e. The number of hydrogen-bond donors (Lipinski definition) is 1. The highest BCUT2D eigenvalue weighted by molar-refractivity contribution is 5.80. The zero-order valence-corrected chi connectivity index (χ0v) is 12.3. The van der Waals surface area contributed by atoms with Crippen LogP contribution in [-0.2, 0) is 0 Å². The molecule has 2 aromatic carbocycles. The number of phenols is 1. The lowest BCUT2D eigenvalue weighted by atomic mass is 10.2. The van der Waals surface area contributed by atoms with Crippen LogP contribution in [0, 0.1) is 0 Å². The molecule has 0 fully saturated rings. The molecule has 1 heterocycles. The van der Waals surface area contributed by atoms with Crippen LogP contribution in [0.4, 0.5) is 8.78 Å². The Balaban J connectivity index is 2.00. The molecule has 0 atom stereocenters. The fourth-order valence-electron chi connectivity index (χ4n) is 2.37. The number of aromatic nitrogens is 2. The van der Waals surface area contributed by atoms with E-state index in [1.807, 2.05) is 0 Å². The van der Waals surface area contributed by atoms with Crippen LogP contribution >= 0.6 is 0 Å². The average Bonchev–Trinajstić information content (AvgIpc) is 2.91. The molecule has 0 amide bonds. The van der Waals surface area contributed by atoms with Gasteiger partial charge in [0.25, 0.3) is 0 Å². The van der Waals surface area contributed by atoms with Crippen LogP contribution in [-0.4, -0.2) is 21.8 Å². The molecule has 0 bridgehead atoms. The highest BCUT2D eigenvalue weighted by atomic mass is 19.3. The molecule has 4 nitrogen and oxygen atoms in total. The molecule has 3 aromatic rings. The molecule has 0 saturated heterocycles. The number of para-hydroxylation sites is 2. The molecule has 0 aliphatic heterocycles. The number of methoxy groups -OCH3 is 1. The Hall–Kier alpha value is -2.89. The maximum absolute atomic E-state index is 13.3. The highest BCUT2D eigenvalue weighted by Crippen LogP contribution is 2.28. The Morgan fingerprint density at radius 1 is 1.17 bits per heavy atom. The molecule has 0 radical (unpaired) electrons. The van der Waals surface area contributed by atoms with Crippen molar-refractivity contribution in [3.63, 3.8) is 0 Å². The van der Waals surface area contributed by atoms with Gasteiger partial charge < -0.3 is 9.84 Å². The summed E-state index contributed by atoms with van der Waals surface area (Å²) in [6.45, 7) is -2.69. The van der Waals surface area contributed by atoms with Crippen molar-refractivity contribution in [2.75, 3.05) is 7.11 Å². The van der Waals surface area contributed by atoms with Crippen LogP contribution in [0.15, 0.2) is 42.5 Å². The van der Waals surface area contributed by atoms with Gasteiger partial charge in [0.15, 0.2) is 11.5 Å². The van der Waals surface area contributed by atoms with Crippen molar-refractivity contribution in [2.24, 2.45) is 0 Å². The number of rotatable bonds is 4. The molecule has 118 valence electrons. The number of aromatic hydroxyl groups is 1. The van der Waals surface area contributed by atoms with Gasteiger partial charge in [-0.1, -0.05) is 24.3 Å². The number of fused-ring (bicyclic) bond motifs is 1. The molecular formula is C17H14F2N2O2. The van der Waals surface area contributed by atoms with Crippen LogP contribution in [0.2, 0.25) is 0 Å². The third-order valence-corrected chi connectivity index (χ3v) is 3.45. The Morgan fingerprint density at radius 3 is 2.65 bits per heavy atom. The maximum Gasteiger partial charge on any atom is 0.320 e. The monoisotopic (exact) mass is 316 g/mol. The molecular weight excluding hydrogens is 302 g/mol. The van der Waals surface area contributed by atoms with Gasteiger partial charge in [0, 0.05) is 0 Å². The Morgan fingerprint density at radius 2 is 1.96 bits per heavy atom. The second kappa shape index (κ2) is 6.08. The first-order valence-electron chi connectivity index (χ1n) is 6.90. The lowest BCUT2D eigenvalue weighted by Gasteiger charge is -2.05. The molecule has 3 rings (SSSR count). The van der Waals surface area contributed by atoms with Gasteiger partial charge >= 0.3 is 6.55 Å². The van der Waals surface area contributed by atoms with Gasteiger partial charge in [-0.3, -0.25) is 4.57 Å². The Kier molecular flexibility index (Phi) is 3.97. The minimum absolute atomic E-state index is 0.0167. The summed E-state index contributed by atoms with van der Waals surface area (Å²) in [6, 6.07) is 11.5. The lowest BCUT2D eigenvalue weighted by molar-refractivity contribution is 0.0739. The lowest BCUT2D eigenvalue weighted by Crippen LogP contribution is -2.00. The summed E-state index contributed by atoms with van der Waals surface area (Å²) in [5.74, 6) is 0.482. The van der Waals surface area contributed by atoms with Crippen molar-refractivity contribution >= 4 is 23.2 Å². The summed E-state index contributed by atoms with van der Waals surface area (Å²) in [5.41, 5.74) is 1.53. The number of halogens is 2. The predicted octanol–water partition coefficient (Wildman–Crippen LogP) is 4.32. The number of hydrogen-bond acceptors (Lipinski definition) is 3. The van der Waals surface area contributed by atoms with Crippen molar-refractivity contribution in [1.29, 1.82) is 0 Å². The maximum atomic E-state index is 13.3. The van der Waals surface area contributed by atoms with E-state index in [4.69, 9.17) is 4.74 Å². The van der Waals surface area contributed by atoms with Crippen LogP contribution in [0.1, 0.15) is 17.9 Å². The fourth-order valence-corrected chi connectivity index (χ4v) is 2.37. The number of phenolic OH excluding ortho intramolecular Hbond substituents is 1. The van der Waals surface area contributed by atoms with E-state index in [0.29, 0.717) is 22.3 Å². The van der Waals surface area contributed by atoms with Crippen molar-refractivity contribution in [3.8, 4) is 11.5 Å². The van der Waals surface area contributed by atoms with Gasteiger partial charge in [-0.05, 0) is 35.9 Å². The van der Waals surface area contributed by atoms with Crippen molar-refractivity contribution in [1.82, 2.24) is 9.55 Å². The summed E-state index contributed by atoms with van der Waals surface area (Å²) in [5, 5.41) is 9.75. The van der Waals surface area contributed by atoms with E-state index in [2.05, 4.69) is 4.98 Å². The minimum atomic E-state index is -2.69. The first-order chi connectivity index (χ1) is 11.1. The molecule has 6 heteroatoms. The average molecular weight is 316 g/mol. The number of alkyl halides is 2. The molecule has 0 saturated carbocycles. The molecule has 1 N–H and O–H groups in total. The quantitative estimate of drug-likeness (QED) is 0.780. The van der Waals surface area contributed by atoms with Crippen LogP contribution < -0.4 is 4.74 Å². The summed E-state index contributed by atoms with van der Waals surface area (Å²) < 4.78 is 32.5. The zero-order chi connectivity index (χ0) is 16.4. The van der Waals surface area contributed by atoms with E-state index in [-0.39, 0.29) is 11.6 Å². The third kappa shape index (κ3) is 2.88. The van der Waals surface area contributed by atoms with Crippen molar-refractivity contribution < 1.29 is 18.6 Å². The summed E-state index contributed by atoms with van der Waals surface area (Å²) in [4.78, 5) is 4.21. The SMILES string of the molecule is COc1ccc(C=Cc2nc3ccccc3n2C(F)F)cc1O. The first kappa shape index (κ1) is 15.0. The van der Waals surface area contributed by atoms with Gasteiger partial charge in [-0.15, -0.1) is 0 Å². The van der Waals surface area contributed by atoms with E-state index in [1.165, 1.54) is 19.3 Å². The predicted molar refractivity (Wildman–Crippen MR) is 84.6 cm³/mol. The minimum Gasteiger partial charge on any atom is -0.504 e. The van der Waals surface area contributed by atoms with E-state index in [1.54, 1.807) is 42.5 Å².